The molecule has 4 bridgehead atoms. The third kappa shape index (κ3) is 1.50. The van der Waals surface area contributed by atoms with E-state index in [9.17, 15) is 5.21 Å². The lowest BCUT2D eigenvalue weighted by molar-refractivity contribution is 0.160. The highest BCUT2D eigenvalue weighted by molar-refractivity contribution is 6.06. The predicted molar refractivity (Wildman–Crippen MR) is 89.9 cm³/mol. The SMILES string of the molecule is CC1C2CC(C/C2=C2/C(=N\O)C3CC2C(C)(C)C3C)C1(C)C. The molecule has 2 nitrogen and oxygen atoms in total. The Kier molecular flexibility index (Phi) is 2.81. The molecule has 0 saturated heterocycles. The van der Waals surface area contributed by atoms with Gasteiger partial charge in [0.1, 0.15) is 0 Å². The van der Waals surface area contributed by atoms with Gasteiger partial charge in [0.2, 0.25) is 0 Å². The van der Waals surface area contributed by atoms with E-state index in [1.54, 1.807) is 5.57 Å². The molecule has 0 aromatic rings. The number of oxime groups is 1. The summed E-state index contributed by atoms with van der Waals surface area (Å²) in [7, 11) is 0. The molecule has 4 aliphatic rings. The molecule has 0 heterocycles. The van der Waals surface area contributed by atoms with Crippen LogP contribution in [0.5, 0.6) is 0 Å². The van der Waals surface area contributed by atoms with Gasteiger partial charge < -0.3 is 5.21 Å². The van der Waals surface area contributed by atoms with Crippen LogP contribution >= 0.6 is 0 Å². The lowest BCUT2D eigenvalue weighted by atomic mass is 9.62. The first kappa shape index (κ1) is 14.8. The summed E-state index contributed by atoms with van der Waals surface area (Å²) in [6.45, 7) is 14.6. The number of rotatable bonds is 0. The van der Waals surface area contributed by atoms with Crippen LogP contribution in [0, 0.1) is 46.3 Å². The molecule has 4 fully saturated rings. The van der Waals surface area contributed by atoms with Gasteiger partial charge in [0.05, 0.1) is 5.71 Å². The molecule has 6 atom stereocenters. The molecule has 2 heteroatoms. The van der Waals surface area contributed by atoms with Gasteiger partial charge in [-0.05, 0) is 65.3 Å². The summed E-state index contributed by atoms with van der Waals surface area (Å²) < 4.78 is 0. The van der Waals surface area contributed by atoms with E-state index in [4.69, 9.17) is 0 Å². The normalized spacial score (nSPS) is 52.9. The predicted octanol–water partition coefficient (Wildman–Crippen LogP) is 5.13. The summed E-state index contributed by atoms with van der Waals surface area (Å²) in [5.41, 5.74) is 5.06. The Bertz CT molecular complexity index is 579. The van der Waals surface area contributed by atoms with Gasteiger partial charge in [-0.2, -0.15) is 0 Å². The van der Waals surface area contributed by atoms with Crippen molar-refractivity contribution in [3.8, 4) is 0 Å². The number of allylic oxidation sites excluding steroid dienone is 2. The summed E-state index contributed by atoms with van der Waals surface area (Å²) in [4.78, 5) is 0. The van der Waals surface area contributed by atoms with Gasteiger partial charge >= 0.3 is 0 Å². The van der Waals surface area contributed by atoms with Gasteiger partial charge in [0.15, 0.2) is 0 Å². The largest absolute Gasteiger partial charge is 0.411 e. The molecule has 122 valence electrons. The van der Waals surface area contributed by atoms with Crippen molar-refractivity contribution < 1.29 is 5.21 Å². The zero-order valence-electron chi connectivity index (χ0n) is 15.0. The maximum atomic E-state index is 9.70. The molecule has 4 aliphatic carbocycles. The van der Waals surface area contributed by atoms with Crippen LogP contribution in [0.15, 0.2) is 16.3 Å². The topological polar surface area (TPSA) is 32.6 Å². The van der Waals surface area contributed by atoms with E-state index in [0.29, 0.717) is 28.6 Å². The van der Waals surface area contributed by atoms with Crippen molar-refractivity contribution >= 4 is 5.71 Å². The Morgan fingerprint density at radius 2 is 1.59 bits per heavy atom. The second-order valence-electron chi connectivity index (χ2n) is 9.78. The smallest absolute Gasteiger partial charge is 0.0864 e. The molecule has 0 spiro atoms. The zero-order valence-corrected chi connectivity index (χ0v) is 15.0. The van der Waals surface area contributed by atoms with E-state index in [2.05, 4.69) is 46.7 Å². The zero-order chi connectivity index (χ0) is 16.0. The first-order valence-corrected chi connectivity index (χ1v) is 9.16. The Labute approximate surface area is 135 Å². The minimum absolute atomic E-state index is 0.349. The maximum absolute atomic E-state index is 9.70. The number of hydrogen-bond donors (Lipinski definition) is 1. The van der Waals surface area contributed by atoms with E-state index < -0.39 is 0 Å². The monoisotopic (exact) mass is 301 g/mol. The van der Waals surface area contributed by atoms with Crippen LogP contribution in [-0.4, -0.2) is 10.9 Å². The molecule has 0 aliphatic heterocycles. The highest BCUT2D eigenvalue weighted by Crippen LogP contribution is 2.66. The van der Waals surface area contributed by atoms with Gasteiger partial charge in [-0.15, -0.1) is 0 Å². The van der Waals surface area contributed by atoms with Gasteiger partial charge in [-0.25, -0.2) is 0 Å². The van der Waals surface area contributed by atoms with Crippen molar-refractivity contribution in [1.29, 1.82) is 0 Å². The van der Waals surface area contributed by atoms with Crippen LogP contribution in [-0.2, 0) is 0 Å². The summed E-state index contributed by atoms with van der Waals surface area (Å²) in [5, 5.41) is 13.5. The average Bonchev–Trinajstić information content (AvgIpc) is 3.14. The highest BCUT2D eigenvalue weighted by Gasteiger charge is 2.60. The number of fused-ring (bicyclic) bond motifs is 4. The van der Waals surface area contributed by atoms with E-state index in [1.807, 2.05) is 0 Å². The molecule has 0 aromatic carbocycles. The van der Waals surface area contributed by atoms with Crippen molar-refractivity contribution in [2.75, 3.05) is 0 Å². The van der Waals surface area contributed by atoms with Crippen LogP contribution in [0.2, 0.25) is 0 Å². The molecule has 4 rings (SSSR count). The van der Waals surface area contributed by atoms with E-state index in [1.165, 1.54) is 24.8 Å². The fraction of sp³-hybridized carbons (Fsp3) is 0.850. The second-order valence-corrected chi connectivity index (χ2v) is 9.78. The summed E-state index contributed by atoms with van der Waals surface area (Å²) >= 11 is 0. The molecule has 4 saturated carbocycles. The first-order chi connectivity index (χ1) is 10.2. The molecule has 0 aromatic heterocycles. The third-order valence-corrected chi connectivity index (χ3v) is 8.88. The summed E-state index contributed by atoms with van der Waals surface area (Å²) in [5.74, 6) is 4.04. The summed E-state index contributed by atoms with van der Waals surface area (Å²) in [6, 6.07) is 0. The van der Waals surface area contributed by atoms with Gasteiger partial charge in [0, 0.05) is 5.92 Å². The number of hydrogen-bond acceptors (Lipinski definition) is 2. The van der Waals surface area contributed by atoms with E-state index in [0.717, 1.165) is 23.5 Å². The standard InChI is InChI=1S/C20H31NO/c1-10-13-7-12(19(10,3)4)8-15(13)17-16-9-14(18(17)21-22)11(2)20(16,5)6/h10-14,16,22H,7-9H2,1-6H3/b17-15-,21-18-. The molecule has 0 radical (unpaired) electrons. The summed E-state index contributed by atoms with van der Waals surface area (Å²) in [6.07, 6.45) is 3.82. The fourth-order valence-corrected chi connectivity index (χ4v) is 6.55. The molecule has 1 N–H and O–H groups in total. The fourth-order valence-electron chi connectivity index (χ4n) is 6.55. The maximum Gasteiger partial charge on any atom is 0.0864 e. The average molecular weight is 301 g/mol. The van der Waals surface area contributed by atoms with Crippen molar-refractivity contribution in [3.05, 3.63) is 11.1 Å². The van der Waals surface area contributed by atoms with Crippen LogP contribution in [0.4, 0.5) is 0 Å². The molecular formula is C20H31NO. The van der Waals surface area contributed by atoms with E-state index >= 15 is 0 Å². The van der Waals surface area contributed by atoms with Crippen molar-refractivity contribution in [2.24, 2.45) is 51.5 Å². The molecule has 22 heavy (non-hydrogen) atoms. The first-order valence-electron chi connectivity index (χ1n) is 9.16. The van der Waals surface area contributed by atoms with Crippen LogP contribution in [0.1, 0.15) is 60.8 Å². The lowest BCUT2D eigenvalue weighted by Crippen LogP contribution is -2.37. The minimum Gasteiger partial charge on any atom is -0.411 e. The van der Waals surface area contributed by atoms with Crippen molar-refractivity contribution in [3.63, 3.8) is 0 Å². The van der Waals surface area contributed by atoms with E-state index in [-0.39, 0.29) is 0 Å². The van der Waals surface area contributed by atoms with Crippen LogP contribution in [0.25, 0.3) is 0 Å². The molecular weight excluding hydrogens is 270 g/mol. The molecule has 6 unspecified atom stereocenters. The Balaban J connectivity index is 1.81. The second kappa shape index (κ2) is 4.19. The van der Waals surface area contributed by atoms with Crippen molar-refractivity contribution in [1.82, 2.24) is 0 Å². The van der Waals surface area contributed by atoms with Crippen molar-refractivity contribution in [2.45, 2.75) is 60.8 Å². The lowest BCUT2D eigenvalue weighted by Gasteiger charge is -2.42. The van der Waals surface area contributed by atoms with Gasteiger partial charge in [-0.1, -0.05) is 52.3 Å². The Morgan fingerprint density at radius 1 is 0.955 bits per heavy atom. The van der Waals surface area contributed by atoms with Crippen LogP contribution < -0.4 is 0 Å². The molecule has 0 amide bonds. The van der Waals surface area contributed by atoms with Crippen LogP contribution in [0.3, 0.4) is 0 Å². The Morgan fingerprint density at radius 3 is 2.14 bits per heavy atom. The highest BCUT2D eigenvalue weighted by atomic mass is 16.4. The quantitative estimate of drug-likeness (QED) is 0.488. The van der Waals surface area contributed by atoms with Gasteiger partial charge in [-0.3, -0.25) is 0 Å². The third-order valence-electron chi connectivity index (χ3n) is 8.88. The van der Waals surface area contributed by atoms with Gasteiger partial charge in [0.25, 0.3) is 0 Å². The number of nitrogens with zero attached hydrogens (tertiary/aromatic N) is 1. The Hall–Kier alpha value is -0.790. The minimum atomic E-state index is 0.349.